The van der Waals surface area contributed by atoms with Crippen LogP contribution in [0.3, 0.4) is 0 Å². The Hall–Kier alpha value is -1.07. The van der Waals surface area contributed by atoms with Crippen LogP contribution < -0.4 is 11.1 Å². The lowest BCUT2D eigenvalue weighted by Crippen LogP contribution is -2.17. The van der Waals surface area contributed by atoms with E-state index in [0.717, 1.165) is 10.2 Å². The molecule has 0 spiro atoms. The summed E-state index contributed by atoms with van der Waals surface area (Å²) in [4.78, 5) is 0. The Bertz CT molecular complexity index is 355. The minimum absolute atomic E-state index is 0.0439. The molecule has 1 aromatic carbocycles. The third-order valence-corrected chi connectivity index (χ3v) is 2.57. The highest BCUT2D eigenvalue weighted by Gasteiger charge is 2.08. The van der Waals surface area contributed by atoms with Crippen molar-refractivity contribution in [2.75, 3.05) is 25.6 Å². The van der Waals surface area contributed by atoms with Gasteiger partial charge < -0.3 is 15.8 Å². The van der Waals surface area contributed by atoms with E-state index in [2.05, 4.69) is 21.2 Å². The van der Waals surface area contributed by atoms with Gasteiger partial charge in [0.15, 0.2) is 0 Å². The molecule has 0 saturated heterocycles. The highest BCUT2D eigenvalue weighted by Crippen LogP contribution is 2.23. The number of nitrogens with one attached hydrogen (secondary N) is 2. The lowest BCUT2D eigenvalue weighted by molar-refractivity contribution is 0.211. The third-order valence-electron chi connectivity index (χ3n) is 1.90. The average Bonchev–Trinajstić information content (AvgIpc) is 2.17. The molecule has 15 heavy (non-hydrogen) atoms. The predicted octanol–water partition coefficient (Wildman–Crippen LogP) is 1.79. The van der Waals surface area contributed by atoms with Gasteiger partial charge in [0.1, 0.15) is 5.84 Å². The normalized spacial score (nSPS) is 10.0. The van der Waals surface area contributed by atoms with Crippen molar-refractivity contribution in [1.82, 2.24) is 0 Å². The number of benzene rings is 1. The first-order valence-electron chi connectivity index (χ1n) is 4.52. The number of hydrogen-bond donors (Lipinski definition) is 3. The van der Waals surface area contributed by atoms with Gasteiger partial charge in [0, 0.05) is 23.8 Å². The number of halogens is 1. The van der Waals surface area contributed by atoms with Crippen molar-refractivity contribution in [1.29, 1.82) is 5.41 Å². The van der Waals surface area contributed by atoms with Gasteiger partial charge in [-0.1, -0.05) is 6.07 Å². The standard InChI is InChI=1S/C10H14BrN3O/c1-15-6-5-14-8-4-2-3-7(11)9(8)10(12)13/h2-4,14H,5-6H2,1H3,(H3,12,13). The molecule has 0 saturated carbocycles. The number of amidine groups is 1. The molecule has 0 radical (unpaired) electrons. The molecule has 0 bridgehead atoms. The molecule has 0 unspecified atom stereocenters. The van der Waals surface area contributed by atoms with E-state index in [1.807, 2.05) is 18.2 Å². The SMILES string of the molecule is COCCNc1cccc(Br)c1C(=N)N. The second kappa shape index (κ2) is 5.72. The zero-order valence-electron chi connectivity index (χ0n) is 8.51. The first kappa shape index (κ1) is 12.0. The number of hydrogen-bond acceptors (Lipinski definition) is 3. The molecule has 0 aliphatic heterocycles. The molecule has 0 atom stereocenters. The lowest BCUT2D eigenvalue weighted by Gasteiger charge is -2.12. The van der Waals surface area contributed by atoms with Gasteiger partial charge in [0.25, 0.3) is 0 Å². The van der Waals surface area contributed by atoms with E-state index in [0.29, 0.717) is 18.7 Å². The van der Waals surface area contributed by atoms with Crippen LogP contribution >= 0.6 is 15.9 Å². The van der Waals surface area contributed by atoms with Crippen molar-refractivity contribution in [3.05, 3.63) is 28.2 Å². The summed E-state index contributed by atoms with van der Waals surface area (Å²) in [5.41, 5.74) is 7.03. The number of rotatable bonds is 5. The molecule has 0 aromatic heterocycles. The molecular formula is C10H14BrN3O. The van der Waals surface area contributed by atoms with Gasteiger partial charge in [-0.2, -0.15) is 0 Å². The highest BCUT2D eigenvalue weighted by molar-refractivity contribution is 9.10. The second-order valence-electron chi connectivity index (χ2n) is 3.00. The van der Waals surface area contributed by atoms with E-state index in [1.165, 1.54) is 0 Å². The van der Waals surface area contributed by atoms with Crippen LogP contribution in [-0.4, -0.2) is 26.1 Å². The molecule has 0 heterocycles. The Balaban J connectivity index is 2.86. The summed E-state index contributed by atoms with van der Waals surface area (Å²) < 4.78 is 5.75. The molecule has 1 rings (SSSR count). The molecule has 82 valence electrons. The molecule has 4 N–H and O–H groups in total. The van der Waals surface area contributed by atoms with Gasteiger partial charge >= 0.3 is 0 Å². The molecule has 0 fully saturated rings. The summed E-state index contributed by atoms with van der Waals surface area (Å²) in [6, 6.07) is 5.64. The summed E-state index contributed by atoms with van der Waals surface area (Å²) in [6.07, 6.45) is 0. The lowest BCUT2D eigenvalue weighted by atomic mass is 10.1. The summed E-state index contributed by atoms with van der Waals surface area (Å²) >= 11 is 3.36. The van der Waals surface area contributed by atoms with Crippen molar-refractivity contribution in [3.63, 3.8) is 0 Å². The zero-order valence-corrected chi connectivity index (χ0v) is 10.1. The zero-order chi connectivity index (χ0) is 11.3. The number of nitrogens with two attached hydrogens (primary N) is 1. The topological polar surface area (TPSA) is 71.1 Å². The third kappa shape index (κ3) is 3.21. The van der Waals surface area contributed by atoms with Crippen LogP contribution in [0.2, 0.25) is 0 Å². The Labute approximate surface area is 97.4 Å². The number of nitrogen functional groups attached to an aromatic ring is 1. The maximum absolute atomic E-state index is 7.47. The van der Waals surface area contributed by atoms with E-state index in [1.54, 1.807) is 7.11 Å². The Morgan fingerprint density at radius 1 is 1.60 bits per heavy atom. The number of anilines is 1. The highest BCUT2D eigenvalue weighted by atomic mass is 79.9. The molecule has 0 amide bonds. The fourth-order valence-electron chi connectivity index (χ4n) is 1.23. The Morgan fingerprint density at radius 3 is 2.93 bits per heavy atom. The van der Waals surface area contributed by atoms with Crippen LogP contribution in [0.5, 0.6) is 0 Å². The van der Waals surface area contributed by atoms with Gasteiger partial charge in [-0.25, -0.2) is 0 Å². The maximum Gasteiger partial charge on any atom is 0.126 e. The Kier molecular flexibility index (Phi) is 4.58. The van der Waals surface area contributed by atoms with Gasteiger partial charge in [0.2, 0.25) is 0 Å². The van der Waals surface area contributed by atoms with Crippen molar-refractivity contribution in [2.24, 2.45) is 5.73 Å². The van der Waals surface area contributed by atoms with Gasteiger partial charge in [0.05, 0.1) is 12.2 Å². The van der Waals surface area contributed by atoms with Gasteiger partial charge in [-0.05, 0) is 28.1 Å². The fourth-order valence-corrected chi connectivity index (χ4v) is 1.81. The summed E-state index contributed by atoms with van der Waals surface area (Å²) in [6.45, 7) is 1.30. The van der Waals surface area contributed by atoms with Crippen LogP contribution in [0.4, 0.5) is 5.69 Å². The monoisotopic (exact) mass is 271 g/mol. The summed E-state index contributed by atoms with van der Waals surface area (Å²) in [7, 11) is 1.65. The van der Waals surface area contributed by atoms with Crippen molar-refractivity contribution in [3.8, 4) is 0 Å². The van der Waals surface area contributed by atoms with Crippen LogP contribution in [0.1, 0.15) is 5.56 Å². The number of ether oxygens (including phenoxy) is 1. The molecule has 4 nitrogen and oxygen atoms in total. The molecule has 0 aliphatic carbocycles. The maximum atomic E-state index is 7.47. The van der Waals surface area contributed by atoms with Crippen molar-refractivity contribution in [2.45, 2.75) is 0 Å². The van der Waals surface area contributed by atoms with Crippen LogP contribution in [0, 0.1) is 5.41 Å². The molecule has 5 heteroatoms. The molecular weight excluding hydrogens is 258 g/mol. The first-order chi connectivity index (χ1) is 7.16. The van der Waals surface area contributed by atoms with E-state index < -0.39 is 0 Å². The summed E-state index contributed by atoms with van der Waals surface area (Å²) in [5, 5.41) is 10.6. The Morgan fingerprint density at radius 2 is 2.33 bits per heavy atom. The fraction of sp³-hybridized carbons (Fsp3) is 0.300. The van der Waals surface area contributed by atoms with Crippen LogP contribution in [0.15, 0.2) is 22.7 Å². The van der Waals surface area contributed by atoms with E-state index in [9.17, 15) is 0 Å². The minimum Gasteiger partial charge on any atom is -0.384 e. The van der Waals surface area contributed by atoms with E-state index in [4.69, 9.17) is 15.9 Å². The van der Waals surface area contributed by atoms with Crippen LogP contribution in [0.25, 0.3) is 0 Å². The second-order valence-corrected chi connectivity index (χ2v) is 3.85. The molecule has 0 aliphatic rings. The first-order valence-corrected chi connectivity index (χ1v) is 5.32. The average molecular weight is 272 g/mol. The predicted molar refractivity (Wildman–Crippen MR) is 65.5 cm³/mol. The number of methoxy groups -OCH3 is 1. The van der Waals surface area contributed by atoms with E-state index >= 15 is 0 Å². The quantitative estimate of drug-likeness (QED) is 0.435. The van der Waals surface area contributed by atoms with Gasteiger partial charge in [-0.3, -0.25) is 5.41 Å². The van der Waals surface area contributed by atoms with Crippen LogP contribution in [-0.2, 0) is 4.74 Å². The minimum atomic E-state index is 0.0439. The smallest absolute Gasteiger partial charge is 0.126 e. The largest absolute Gasteiger partial charge is 0.384 e. The van der Waals surface area contributed by atoms with E-state index in [-0.39, 0.29) is 5.84 Å². The van der Waals surface area contributed by atoms with Crippen molar-refractivity contribution < 1.29 is 4.74 Å². The van der Waals surface area contributed by atoms with Gasteiger partial charge in [-0.15, -0.1) is 0 Å². The molecule has 1 aromatic rings. The summed E-state index contributed by atoms with van der Waals surface area (Å²) in [5.74, 6) is 0.0439. The van der Waals surface area contributed by atoms with Crippen molar-refractivity contribution >= 4 is 27.5 Å².